The van der Waals surface area contributed by atoms with Crippen molar-refractivity contribution in [2.75, 3.05) is 5.32 Å². The molecule has 0 fully saturated rings. The molecule has 0 bridgehead atoms. The predicted molar refractivity (Wildman–Crippen MR) is 178 cm³/mol. The zero-order valence-corrected chi connectivity index (χ0v) is 27.1. The summed E-state index contributed by atoms with van der Waals surface area (Å²) >= 11 is 6.23. The van der Waals surface area contributed by atoms with Crippen molar-refractivity contribution in [3.8, 4) is 17.2 Å². The van der Waals surface area contributed by atoms with E-state index in [1.54, 1.807) is 87.5 Å². The number of hydrogen-bond donors (Lipinski definition) is 3. The van der Waals surface area contributed by atoms with Crippen molar-refractivity contribution in [1.29, 1.82) is 0 Å². The highest BCUT2D eigenvalue weighted by atomic mass is 35.5. The number of carbonyl (C=O) groups is 3. The average molecular weight is 662 g/mol. The molecule has 11 heteroatoms. The average Bonchev–Trinajstić information content (AvgIpc) is 3.01. The van der Waals surface area contributed by atoms with Gasteiger partial charge in [-0.1, -0.05) is 54.1 Å². The van der Waals surface area contributed by atoms with Crippen molar-refractivity contribution in [3.63, 3.8) is 0 Å². The van der Waals surface area contributed by atoms with E-state index in [2.05, 4.69) is 10.6 Å². The van der Waals surface area contributed by atoms with Gasteiger partial charge in [0.05, 0.1) is 5.69 Å². The van der Waals surface area contributed by atoms with Gasteiger partial charge in [0, 0.05) is 49.1 Å². The molecule has 0 saturated heterocycles. The van der Waals surface area contributed by atoms with Crippen molar-refractivity contribution in [2.24, 2.45) is 0 Å². The molecular weight excluding hydrogens is 625 g/mol. The van der Waals surface area contributed by atoms with Crippen molar-refractivity contribution in [1.82, 2.24) is 10.2 Å². The number of amides is 3. The van der Waals surface area contributed by atoms with Crippen LogP contribution in [0.1, 0.15) is 50.3 Å². The molecule has 0 aliphatic heterocycles. The lowest BCUT2D eigenvalue weighted by Gasteiger charge is -2.23. The zero-order valence-electron chi connectivity index (χ0n) is 26.4. The molecule has 0 heterocycles. The normalized spacial score (nSPS) is 11.0. The van der Waals surface area contributed by atoms with Crippen LogP contribution in [0, 0.1) is 5.82 Å². The van der Waals surface area contributed by atoms with Crippen LogP contribution in [0.25, 0.3) is 0 Å². The number of nitrogens with one attached hydrogen (secondary N) is 2. The van der Waals surface area contributed by atoms with Gasteiger partial charge in [0.25, 0.3) is 0 Å². The Morgan fingerprint density at radius 3 is 2.34 bits per heavy atom. The Kier molecular flexibility index (Phi) is 11.8. The third-order valence-electron chi connectivity index (χ3n) is 6.73. The van der Waals surface area contributed by atoms with Crippen LogP contribution in [0.2, 0.25) is 5.02 Å². The van der Waals surface area contributed by atoms with Gasteiger partial charge in [-0.05, 0) is 74.4 Å². The van der Waals surface area contributed by atoms with Crippen LogP contribution >= 0.6 is 11.6 Å². The molecule has 0 atom stereocenters. The van der Waals surface area contributed by atoms with E-state index in [-0.39, 0.29) is 49.9 Å². The lowest BCUT2D eigenvalue weighted by molar-refractivity contribution is -0.134. The zero-order chi connectivity index (χ0) is 34.0. The van der Waals surface area contributed by atoms with Crippen LogP contribution in [0.3, 0.4) is 0 Å². The number of halogens is 2. The molecule has 4 aromatic rings. The summed E-state index contributed by atoms with van der Waals surface area (Å²) in [4.78, 5) is 39.9. The van der Waals surface area contributed by atoms with Crippen LogP contribution in [0.4, 0.5) is 14.9 Å². The molecule has 0 saturated carbocycles. The molecule has 0 aliphatic carbocycles. The monoisotopic (exact) mass is 661 g/mol. The highest BCUT2D eigenvalue weighted by molar-refractivity contribution is 6.30. The van der Waals surface area contributed by atoms with Gasteiger partial charge in [-0.25, -0.2) is 9.18 Å². The summed E-state index contributed by atoms with van der Waals surface area (Å²) in [7, 11) is 0. The maximum absolute atomic E-state index is 14.5. The Balaban J connectivity index is 1.40. The van der Waals surface area contributed by atoms with Gasteiger partial charge in [-0.3, -0.25) is 9.59 Å². The number of hydrogen-bond acceptors (Lipinski definition) is 6. The fourth-order valence-electron chi connectivity index (χ4n) is 4.50. The Labute approximate surface area is 278 Å². The fourth-order valence-corrected chi connectivity index (χ4v) is 4.66. The molecule has 4 rings (SSSR count). The number of anilines is 1. The maximum Gasteiger partial charge on any atom is 0.407 e. The number of phenolic OH excluding ortho intramolecular Hbond substituents is 1. The molecule has 0 radical (unpaired) electrons. The first-order valence-corrected chi connectivity index (χ1v) is 15.3. The maximum atomic E-state index is 14.5. The van der Waals surface area contributed by atoms with E-state index in [0.717, 1.165) is 11.1 Å². The van der Waals surface area contributed by atoms with Crippen LogP contribution in [0.15, 0.2) is 91.0 Å². The van der Waals surface area contributed by atoms with Gasteiger partial charge in [0.15, 0.2) is 5.75 Å². The van der Waals surface area contributed by atoms with Crippen molar-refractivity contribution in [2.45, 2.75) is 58.8 Å². The molecule has 3 N–H and O–H groups in total. The smallest absolute Gasteiger partial charge is 0.407 e. The van der Waals surface area contributed by atoms with E-state index >= 15 is 0 Å². The van der Waals surface area contributed by atoms with Crippen molar-refractivity contribution >= 4 is 35.2 Å². The van der Waals surface area contributed by atoms with E-state index in [1.165, 1.54) is 23.1 Å². The topological polar surface area (TPSA) is 117 Å². The Hall–Kier alpha value is -5.09. The molecule has 4 aromatic carbocycles. The van der Waals surface area contributed by atoms with Gasteiger partial charge in [0.2, 0.25) is 11.8 Å². The van der Waals surface area contributed by atoms with Crippen LogP contribution in [-0.2, 0) is 34.0 Å². The molecule has 246 valence electrons. The molecule has 3 amide bonds. The van der Waals surface area contributed by atoms with E-state index in [0.29, 0.717) is 22.0 Å². The molecule has 0 spiro atoms. The molecular formula is C36H37ClFN3O6. The van der Waals surface area contributed by atoms with Gasteiger partial charge < -0.3 is 30.1 Å². The predicted octanol–water partition coefficient (Wildman–Crippen LogP) is 7.95. The van der Waals surface area contributed by atoms with Crippen LogP contribution < -0.4 is 15.4 Å². The minimum atomic E-state index is -0.621. The lowest BCUT2D eigenvalue weighted by Crippen LogP contribution is -2.32. The second-order valence-corrected chi connectivity index (χ2v) is 12.2. The van der Waals surface area contributed by atoms with Crippen LogP contribution in [-0.4, -0.2) is 33.5 Å². The molecule has 0 unspecified atom stereocenters. The second kappa shape index (κ2) is 16.0. The summed E-state index contributed by atoms with van der Waals surface area (Å²) in [6.45, 7) is 5.72. The standard InChI is InChI=1S/C36H37ClFN3O6/c1-36(2,3)47-35(45)39-21-25-7-6-9-29(19-25)46-32-20-27(37)13-16-31(32)40-33(43)17-18-34(44)41(22-24-11-14-28(42)15-12-24)23-26-8-4-5-10-30(26)38/h4-16,19-20,42H,17-18,21-23H2,1-3H3,(H,39,45)(H,40,43). The Morgan fingerprint density at radius 2 is 1.62 bits per heavy atom. The minimum absolute atomic E-state index is 0.00946. The van der Waals surface area contributed by atoms with Crippen molar-refractivity contribution in [3.05, 3.63) is 119 Å². The number of carbonyl (C=O) groups excluding carboxylic acids is 3. The third kappa shape index (κ3) is 11.3. The fraction of sp³-hybridized carbons (Fsp3) is 0.250. The summed E-state index contributed by atoms with van der Waals surface area (Å²) < 4.78 is 25.8. The van der Waals surface area contributed by atoms with E-state index in [9.17, 15) is 23.9 Å². The summed E-state index contributed by atoms with van der Waals surface area (Å²) in [6.07, 6.45) is -0.817. The van der Waals surface area contributed by atoms with Gasteiger partial charge >= 0.3 is 6.09 Å². The van der Waals surface area contributed by atoms with Gasteiger partial charge in [-0.15, -0.1) is 0 Å². The Morgan fingerprint density at radius 1 is 0.872 bits per heavy atom. The largest absolute Gasteiger partial charge is 0.508 e. The number of ether oxygens (including phenoxy) is 2. The summed E-state index contributed by atoms with van der Waals surface area (Å²) in [6, 6.07) is 24.4. The van der Waals surface area contributed by atoms with E-state index in [1.807, 2.05) is 6.07 Å². The number of alkyl carbamates (subject to hydrolysis) is 1. The second-order valence-electron chi connectivity index (χ2n) is 11.8. The van der Waals surface area contributed by atoms with Crippen LogP contribution in [0.5, 0.6) is 17.2 Å². The minimum Gasteiger partial charge on any atom is -0.508 e. The number of nitrogens with zero attached hydrogens (tertiary/aromatic N) is 1. The SMILES string of the molecule is CC(C)(C)OC(=O)NCc1cccc(Oc2cc(Cl)ccc2NC(=O)CCC(=O)N(Cc2ccc(O)cc2)Cc2ccccc2F)c1. The molecule has 9 nitrogen and oxygen atoms in total. The van der Waals surface area contributed by atoms with E-state index in [4.69, 9.17) is 21.1 Å². The summed E-state index contributed by atoms with van der Waals surface area (Å²) in [5.74, 6) is -0.403. The highest BCUT2D eigenvalue weighted by Crippen LogP contribution is 2.33. The van der Waals surface area contributed by atoms with Gasteiger partial charge in [-0.2, -0.15) is 0 Å². The first-order chi connectivity index (χ1) is 22.3. The van der Waals surface area contributed by atoms with E-state index < -0.39 is 23.4 Å². The number of rotatable bonds is 12. The highest BCUT2D eigenvalue weighted by Gasteiger charge is 2.19. The lowest BCUT2D eigenvalue weighted by atomic mass is 10.1. The third-order valence-corrected chi connectivity index (χ3v) is 6.96. The number of aromatic hydroxyl groups is 1. The Bertz CT molecular complexity index is 1710. The van der Waals surface area contributed by atoms with Crippen molar-refractivity contribution < 1.29 is 33.4 Å². The number of benzene rings is 4. The first kappa shape index (κ1) is 34.8. The summed E-state index contributed by atoms with van der Waals surface area (Å²) in [5.41, 5.74) is 1.56. The molecule has 0 aromatic heterocycles. The van der Waals surface area contributed by atoms with Gasteiger partial charge in [0.1, 0.15) is 22.9 Å². The quantitative estimate of drug-likeness (QED) is 0.142. The number of phenols is 1. The molecule has 47 heavy (non-hydrogen) atoms. The molecule has 0 aliphatic rings. The first-order valence-electron chi connectivity index (χ1n) is 15.0. The summed E-state index contributed by atoms with van der Waals surface area (Å²) in [5, 5.41) is 15.5.